The maximum absolute atomic E-state index is 13.1. The van der Waals surface area contributed by atoms with Crippen LogP contribution in [0.1, 0.15) is 49.9 Å². The molecule has 1 N–H and O–H groups in total. The third kappa shape index (κ3) is 5.45. The summed E-state index contributed by atoms with van der Waals surface area (Å²) in [6, 6.07) is 14.0. The number of carbonyl (C=O) groups is 2. The number of aliphatic hydroxyl groups excluding tert-OH is 1. The summed E-state index contributed by atoms with van der Waals surface area (Å²) in [6.07, 6.45) is 0.743. The summed E-state index contributed by atoms with van der Waals surface area (Å²) in [4.78, 5) is 30.1. The van der Waals surface area contributed by atoms with Crippen LogP contribution in [0.5, 0.6) is 5.75 Å². The van der Waals surface area contributed by atoms with E-state index in [9.17, 15) is 14.7 Å². The molecule has 0 spiro atoms. The first kappa shape index (κ1) is 24.5. The molecular weight excluding hydrogens is 416 g/mol. The minimum absolute atomic E-state index is 0.135. The fourth-order valence-electron chi connectivity index (χ4n) is 4.24. The van der Waals surface area contributed by atoms with E-state index >= 15 is 0 Å². The van der Waals surface area contributed by atoms with Crippen LogP contribution >= 0.6 is 0 Å². The van der Waals surface area contributed by atoms with Gasteiger partial charge in [-0.1, -0.05) is 55.8 Å². The molecule has 176 valence electrons. The Kier molecular flexibility index (Phi) is 8.28. The van der Waals surface area contributed by atoms with E-state index in [1.165, 1.54) is 0 Å². The van der Waals surface area contributed by atoms with Gasteiger partial charge in [0.25, 0.3) is 11.7 Å². The molecule has 0 bridgehead atoms. The van der Waals surface area contributed by atoms with Crippen molar-refractivity contribution in [2.24, 2.45) is 0 Å². The maximum Gasteiger partial charge on any atom is 0.295 e. The van der Waals surface area contributed by atoms with Gasteiger partial charge >= 0.3 is 0 Å². The van der Waals surface area contributed by atoms with Crippen LogP contribution in [-0.2, 0) is 9.59 Å². The third-order valence-corrected chi connectivity index (χ3v) is 6.14. The first-order chi connectivity index (χ1) is 15.9. The molecule has 33 heavy (non-hydrogen) atoms. The van der Waals surface area contributed by atoms with E-state index in [0.717, 1.165) is 42.9 Å². The number of aryl methyl sites for hydroxylation is 1. The average molecular weight is 451 g/mol. The van der Waals surface area contributed by atoms with Gasteiger partial charge in [-0.05, 0) is 57.6 Å². The molecule has 1 saturated heterocycles. The summed E-state index contributed by atoms with van der Waals surface area (Å²) in [6.45, 7) is 11.8. The molecular formula is C27H34N2O4. The lowest BCUT2D eigenvalue weighted by atomic mass is 9.95. The molecule has 0 saturated carbocycles. The molecule has 1 amide bonds. The van der Waals surface area contributed by atoms with Crippen molar-refractivity contribution < 1.29 is 19.4 Å². The predicted octanol–water partition coefficient (Wildman–Crippen LogP) is 4.55. The third-order valence-electron chi connectivity index (χ3n) is 6.14. The monoisotopic (exact) mass is 450 g/mol. The van der Waals surface area contributed by atoms with Gasteiger partial charge < -0.3 is 19.6 Å². The van der Waals surface area contributed by atoms with Crippen molar-refractivity contribution in [1.29, 1.82) is 0 Å². The number of ether oxygens (including phenoxy) is 1. The van der Waals surface area contributed by atoms with Crippen LogP contribution in [0.4, 0.5) is 0 Å². The van der Waals surface area contributed by atoms with E-state index in [4.69, 9.17) is 4.74 Å². The Hall–Kier alpha value is -3.12. The van der Waals surface area contributed by atoms with Crippen LogP contribution in [0.2, 0.25) is 0 Å². The molecule has 2 aromatic carbocycles. The maximum atomic E-state index is 13.1. The van der Waals surface area contributed by atoms with Gasteiger partial charge in [-0.25, -0.2) is 0 Å². The number of likely N-dealkylation sites (tertiary alicyclic amines) is 1. The quantitative estimate of drug-likeness (QED) is 0.327. The van der Waals surface area contributed by atoms with E-state index in [1.807, 2.05) is 50.2 Å². The average Bonchev–Trinajstić information content (AvgIpc) is 3.07. The van der Waals surface area contributed by atoms with Gasteiger partial charge in [0.2, 0.25) is 0 Å². The number of amides is 1. The zero-order valence-corrected chi connectivity index (χ0v) is 20.0. The second kappa shape index (κ2) is 11.1. The van der Waals surface area contributed by atoms with Crippen molar-refractivity contribution in [3.63, 3.8) is 0 Å². The Morgan fingerprint density at radius 3 is 2.21 bits per heavy atom. The number of hydrogen-bond donors (Lipinski definition) is 1. The largest absolute Gasteiger partial charge is 0.507 e. The van der Waals surface area contributed by atoms with Crippen LogP contribution < -0.4 is 4.74 Å². The summed E-state index contributed by atoms with van der Waals surface area (Å²) in [5, 5.41) is 11.1. The highest BCUT2D eigenvalue weighted by Gasteiger charge is 2.45. The topological polar surface area (TPSA) is 70.1 Å². The predicted molar refractivity (Wildman–Crippen MR) is 130 cm³/mol. The lowest BCUT2D eigenvalue weighted by Crippen LogP contribution is -2.33. The van der Waals surface area contributed by atoms with E-state index in [0.29, 0.717) is 18.7 Å². The number of ketones is 1. The molecule has 0 aliphatic carbocycles. The highest BCUT2D eigenvalue weighted by molar-refractivity contribution is 6.46. The molecule has 6 nitrogen and oxygen atoms in total. The minimum atomic E-state index is -0.644. The molecule has 2 aromatic rings. The second-order valence-corrected chi connectivity index (χ2v) is 8.24. The summed E-state index contributed by atoms with van der Waals surface area (Å²) < 4.78 is 5.55. The molecule has 1 aliphatic heterocycles. The number of hydrogen-bond acceptors (Lipinski definition) is 5. The Morgan fingerprint density at radius 2 is 1.64 bits per heavy atom. The Balaban J connectivity index is 2.01. The van der Waals surface area contributed by atoms with E-state index in [1.54, 1.807) is 17.0 Å². The van der Waals surface area contributed by atoms with E-state index < -0.39 is 17.7 Å². The zero-order chi connectivity index (χ0) is 24.0. The first-order valence-electron chi connectivity index (χ1n) is 11.7. The van der Waals surface area contributed by atoms with Crippen LogP contribution in [0.25, 0.3) is 5.76 Å². The van der Waals surface area contributed by atoms with Crippen molar-refractivity contribution >= 4 is 17.4 Å². The highest BCUT2D eigenvalue weighted by atomic mass is 16.5. The number of rotatable bonds is 10. The first-order valence-corrected chi connectivity index (χ1v) is 11.7. The van der Waals surface area contributed by atoms with Crippen molar-refractivity contribution in [3.05, 3.63) is 70.8 Å². The number of benzene rings is 2. The number of Topliss-reactive ketones (excluding diaryl/α,β-unsaturated/α-hetero) is 1. The molecule has 1 unspecified atom stereocenters. The number of aliphatic hydroxyl groups is 1. The van der Waals surface area contributed by atoms with Crippen molar-refractivity contribution in [1.82, 2.24) is 9.80 Å². The molecule has 6 heteroatoms. The number of nitrogens with zero attached hydrogens (tertiary/aromatic N) is 2. The lowest BCUT2D eigenvalue weighted by molar-refractivity contribution is -0.140. The Morgan fingerprint density at radius 1 is 1.00 bits per heavy atom. The van der Waals surface area contributed by atoms with Crippen LogP contribution in [0.15, 0.2) is 54.1 Å². The summed E-state index contributed by atoms with van der Waals surface area (Å²) in [5.41, 5.74) is 2.48. The van der Waals surface area contributed by atoms with Gasteiger partial charge in [0, 0.05) is 12.1 Å². The van der Waals surface area contributed by atoms with Crippen molar-refractivity contribution in [2.45, 2.75) is 40.2 Å². The molecule has 3 rings (SSSR count). The molecule has 1 aliphatic rings. The van der Waals surface area contributed by atoms with Gasteiger partial charge in [-0.2, -0.15) is 0 Å². The Labute approximate surface area is 196 Å². The summed E-state index contributed by atoms with van der Waals surface area (Å²) in [5.74, 6) is -0.631. The zero-order valence-electron chi connectivity index (χ0n) is 20.0. The van der Waals surface area contributed by atoms with Gasteiger partial charge in [0.05, 0.1) is 18.2 Å². The van der Waals surface area contributed by atoms with Gasteiger partial charge in [0.1, 0.15) is 11.5 Å². The minimum Gasteiger partial charge on any atom is -0.507 e. The molecule has 0 aromatic heterocycles. The second-order valence-electron chi connectivity index (χ2n) is 8.24. The van der Waals surface area contributed by atoms with E-state index in [2.05, 4.69) is 18.7 Å². The fourth-order valence-corrected chi connectivity index (χ4v) is 4.24. The fraction of sp³-hybridized carbons (Fsp3) is 0.407. The van der Waals surface area contributed by atoms with Gasteiger partial charge in [0.15, 0.2) is 0 Å². The highest BCUT2D eigenvalue weighted by Crippen LogP contribution is 2.39. The smallest absolute Gasteiger partial charge is 0.295 e. The summed E-state index contributed by atoms with van der Waals surface area (Å²) in [7, 11) is 0. The SMILES string of the molecule is CCOc1ccc(C2C(=C(O)c3ccc(C)cc3)C(=O)C(=O)N2CCCN(CC)CC)cc1. The van der Waals surface area contributed by atoms with Crippen LogP contribution in [-0.4, -0.2) is 59.4 Å². The lowest BCUT2D eigenvalue weighted by Gasteiger charge is -2.27. The molecule has 1 heterocycles. The van der Waals surface area contributed by atoms with Gasteiger partial charge in [-0.3, -0.25) is 9.59 Å². The standard InChI is InChI=1S/C27H34N2O4/c1-5-28(6-2)17-8-18-29-24(20-13-15-22(16-14-20)33-7-3)23(26(31)27(29)32)25(30)21-11-9-19(4)10-12-21/h9-16,24,30H,5-8,17-18H2,1-4H3. The van der Waals surface area contributed by atoms with Crippen molar-refractivity contribution in [3.8, 4) is 5.75 Å². The molecule has 1 fully saturated rings. The van der Waals surface area contributed by atoms with E-state index in [-0.39, 0.29) is 11.3 Å². The molecule has 0 radical (unpaired) electrons. The summed E-state index contributed by atoms with van der Waals surface area (Å²) >= 11 is 0. The van der Waals surface area contributed by atoms with Gasteiger partial charge in [-0.15, -0.1) is 0 Å². The van der Waals surface area contributed by atoms with Crippen molar-refractivity contribution in [2.75, 3.05) is 32.8 Å². The normalized spacial score (nSPS) is 17.7. The Bertz CT molecular complexity index is 992. The number of carbonyl (C=O) groups excluding carboxylic acids is 2. The van der Waals surface area contributed by atoms with Crippen LogP contribution in [0.3, 0.4) is 0 Å². The molecule has 1 atom stereocenters. The van der Waals surface area contributed by atoms with Crippen LogP contribution in [0, 0.1) is 6.92 Å².